The number of ether oxygens (including phenoxy) is 1. The van der Waals surface area contributed by atoms with Crippen LogP contribution in [0.4, 0.5) is 4.79 Å². The standard InChI is InChI=1S/C13H15BrN4O2S.C2H6/c1-2-20-13(19)17-12-16-9(10-5-8(14)7-21-10)6-11-15-3-4-18(11)12;1-2/h5,7,9H,2-4,6H2,1H3,(H,16,17,19);1-2H3. The molecular weight excluding hydrogens is 380 g/mol. The molecule has 23 heavy (non-hydrogen) atoms. The van der Waals surface area contributed by atoms with Crippen molar-refractivity contribution in [2.24, 2.45) is 9.98 Å². The first-order valence-corrected chi connectivity index (χ1v) is 9.41. The van der Waals surface area contributed by atoms with E-state index in [0.29, 0.717) is 12.6 Å². The third kappa shape index (κ3) is 4.32. The van der Waals surface area contributed by atoms with Crippen LogP contribution in [0.2, 0.25) is 0 Å². The van der Waals surface area contributed by atoms with Gasteiger partial charge in [-0.15, -0.1) is 11.3 Å². The number of amidine groups is 1. The average Bonchev–Trinajstić information content (AvgIpc) is 3.18. The monoisotopic (exact) mass is 400 g/mol. The molecule has 0 saturated heterocycles. The van der Waals surface area contributed by atoms with Crippen molar-refractivity contribution >= 4 is 45.2 Å². The van der Waals surface area contributed by atoms with Crippen LogP contribution in [0.5, 0.6) is 0 Å². The molecule has 2 aliphatic rings. The van der Waals surface area contributed by atoms with Gasteiger partial charge in [0.15, 0.2) is 0 Å². The van der Waals surface area contributed by atoms with Crippen molar-refractivity contribution in [1.82, 2.24) is 10.2 Å². The second kappa shape index (κ2) is 8.44. The van der Waals surface area contributed by atoms with Crippen molar-refractivity contribution in [2.75, 3.05) is 19.7 Å². The summed E-state index contributed by atoms with van der Waals surface area (Å²) in [6.07, 6.45) is 0.288. The Kier molecular flexibility index (Phi) is 6.59. The summed E-state index contributed by atoms with van der Waals surface area (Å²) < 4.78 is 5.99. The minimum Gasteiger partial charge on any atom is -0.450 e. The van der Waals surface area contributed by atoms with Crippen LogP contribution >= 0.6 is 27.3 Å². The highest BCUT2D eigenvalue weighted by atomic mass is 79.9. The van der Waals surface area contributed by atoms with Gasteiger partial charge in [0, 0.05) is 27.7 Å². The number of amides is 1. The number of rotatable bonds is 2. The van der Waals surface area contributed by atoms with E-state index in [9.17, 15) is 4.79 Å². The molecule has 0 radical (unpaired) electrons. The predicted molar refractivity (Wildman–Crippen MR) is 97.3 cm³/mol. The van der Waals surface area contributed by atoms with Crippen LogP contribution in [0.1, 0.15) is 38.1 Å². The molecule has 6 nitrogen and oxygen atoms in total. The lowest BCUT2D eigenvalue weighted by Gasteiger charge is -2.29. The molecule has 126 valence electrons. The average molecular weight is 401 g/mol. The quantitative estimate of drug-likeness (QED) is 0.820. The van der Waals surface area contributed by atoms with E-state index < -0.39 is 6.09 Å². The first kappa shape index (κ1) is 17.9. The number of guanidine groups is 1. The van der Waals surface area contributed by atoms with Crippen molar-refractivity contribution in [3.05, 3.63) is 20.8 Å². The SMILES string of the molecule is CC.CCOC(=O)NC1=NC(c2cc(Br)cs2)CC2=NCCN21. The Labute approximate surface area is 148 Å². The second-order valence-electron chi connectivity index (χ2n) is 4.63. The number of carbonyl (C=O) groups is 1. The number of carbonyl (C=O) groups excluding carboxylic acids is 1. The summed E-state index contributed by atoms with van der Waals surface area (Å²) in [5, 5.41) is 4.76. The summed E-state index contributed by atoms with van der Waals surface area (Å²) in [7, 11) is 0. The maximum atomic E-state index is 11.7. The summed E-state index contributed by atoms with van der Waals surface area (Å²) in [5.41, 5.74) is 0. The summed E-state index contributed by atoms with van der Waals surface area (Å²) in [6, 6.07) is 2.05. The number of hydrogen-bond donors (Lipinski definition) is 1. The predicted octanol–water partition coefficient (Wildman–Crippen LogP) is 3.80. The zero-order valence-electron chi connectivity index (χ0n) is 13.5. The highest BCUT2D eigenvalue weighted by Crippen LogP contribution is 2.33. The number of hydrogen-bond acceptors (Lipinski definition) is 6. The van der Waals surface area contributed by atoms with E-state index in [1.165, 1.54) is 0 Å². The van der Waals surface area contributed by atoms with Crippen LogP contribution in [-0.2, 0) is 4.74 Å². The molecule has 0 fully saturated rings. The van der Waals surface area contributed by atoms with Crippen LogP contribution in [-0.4, -0.2) is 42.5 Å². The summed E-state index contributed by atoms with van der Waals surface area (Å²) in [5.74, 6) is 1.51. The van der Waals surface area contributed by atoms with Gasteiger partial charge < -0.3 is 4.74 Å². The molecule has 1 aromatic heterocycles. The molecule has 1 atom stereocenters. The normalized spacial score (nSPS) is 19.1. The molecule has 0 saturated carbocycles. The van der Waals surface area contributed by atoms with Crippen molar-refractivity contribution in [3.63, 3.8) is 0 Å². The molecule has 0 spiro atoms. The summed E-state index contributed by atoms with van der Waals surface area (Å²) >= 11 is 5.11. The molecule has 1 N–H and O–H groups in total. The van der Waals surface area contributed by atoms with Crippen molar-refractivity contribution in [1.29, 1.82) is 0 Å². The minimum absolute atomic E-state index is 0.00803. The maximum absolute atomic E-state index is 11.7. The highest BCUT2D eigenvalue weighted by Gasteiger charge is 2.32. The first-order chi connectivity index (χ1) is 11.2. The Morgan fingerprint density at radius 2 is 2.35 bits per heavy atom. The molecule has 0 bridgehead atoms. The van der Waals surface area contributed by atoms with Crippen LogP contribution < -0.4 is 5.32 Å². The number of thiophene rings is 1. The van der Waals surface area contributed by atoms with E-state index in [0.717, 1.165) is 34.7 Å². The number of nitrogens with zero attached hydrogens (tertiary/aromatic N) is 3. The summed E-state index contributed by atoms with van der Waals surface area (Å²) in [6.45, 7) is 7.60. The van der Waals surface area contributed by atoms with Crippen LogP contribution in [0, 0.1) is 0 Å². The van der Waals surface area contributed by atoms with Crippen molar-refractivity contribution in [2.45, 2.75) is 33.2 Å². The molecule has 3 heterocycles. The van der Waals surface area contributed by atoms with E-state index in [1.54, 1.807) is 18.3 Å². The topological polar surface area (TPSA) is 66.3 Å². The van der Waals surface area contributed by atoms with E-state index in [4.69, 9.17) is 4.74 Å². The summed E-state index contributed by atoms with van der Waals surface area (Å²) in [4.78, 5) is 23.9. The third-order valence-electron chi connectivity index (χ3n) is 3.24. The largest absolute Gasteiger partial charge is 0.450 e. The number of aliphatic imine (C=N–C) groups is 2. The van der Waals surface area contributed by atoms with Crippen LogP contribution in [0.25, 0.3) is 0 Å². The van der Waals surface area contributed by atoms with E-state index in [-0.39, 0.29) is 6.04 Å². The Balaban J connectivity index is 0.000000924. The number of nitrogens with one attached hydrogen (secondary N) is 1. The molecule has 2 aliphatic heterocycles. The van der Waals surface area contributed by atoms with E-state index in [1.807, 2.05) is 24.1 Å². The Bertz CT molecular complexity index is 614. The highest BCUT2D eigenvalue weighted by molar-refractivity contribution is 9.10. The van der Waals surface area contributed by atoms with Crippen LogP contribution in [0.15, 0.2) is 25.9 Å². The smallest absolute Gasteiger partial charge is 0.413 e. The molecule has 1 aromatic rings. The lowest BCUT2D eigenvalue weighted by molar-refractivity contribution is 0.157. The molecular formula is C15H21BrN4O2S. The second-order valence-corrected chi connectivity index (χ2v) is 6.49. The lowest BCUT2D eigenvalue weighted by Crippen LogP contribution is -2.48. The molecule has 8 heteroatoms. The Morgan fingerprint density at radius 1 is 1.57 bits per heavy atom. The number of alkyl carbamates (subject to hydrolysis) is 1. The molecule has 3 rings (SSSR count). The maximum Gasteiger partial charge on any atom is 0.413 e. The molecule has 0 aromatic carbocycles. The van der Waals surface area contributed by atoms with Gasteiger partial charge in [0.25, 0.3) is 0 Å². The minimum atomic E-state index is -0.476. The lowest BCUT2D eigenvalue weighted by atomic mass is 10.1. The van der Waals surface area contributed by atoms with Gasteiger partial charge in [-0.25, -0.2) is 9.79 Å². The van der Waals surface area contributed by atoms with Gasteiger partial charge in [0.2, 0.25) is 5.96 Å². The van der Waals surface area contributed by atoms with Gasteiger partial charge in [0.1, 0.15) is 5.84 Å². The van der Waals surface area contributed by atoms with Gasteiger partial charge in [0.05, 0.1) is 19.2 Å². The fourth-order valence-corrected chi connectivity index (χ4v) is 3.84. The van der Waals surface area contributed by atoms with E-state index in [2.05, 4.69) is 37.3 Å². The number of fused-ring (bicyclic) bond motifs is 1. The van der Waals surface area contributed by atoms with Crippen molar-refractivity contribution in [3.8, 4) is 0 Å². The molecule has 0 aliphatic carbocycles. The fourth-order valence-electron chi connectivity index (χ4n) is 2.36. The van der Waals surface area contributed by atoms with Gasteiger partial charge in [-0.3, -0.25) is 15.2 Å². The first-order valence-electron chi connectivity index (χ1n) is 7.73. The zero-order chi connectivity index (χ0) is 16.8. The van der Waals surface area contributed by atoms with E-state index >= 15 is 0 Å². The zero-order valence-corrected chi connectivity index (χ0v) is 15.9. The van der Waals surface area contributed by atoms with Gasteiger partial charge in [-0.05, 0) is 28.9 Å². The Morgan fingerprint density at radius 3 is 3.00 bits per heavy atom. The molecule has 1 unspecified atom stereocenters. The van der Waals surface area contributed by atoms with Gasteiger partial charge >= 0.3 is 6.09 Å². The van der Waals surface area contributed by atoms with Crippen LogP contribution in [0.3, 0.4) is 0 Å². The van der Waals surface area contributed by atoms with Gasteiger partial charge in [-0.1, -0.05) is 13.8 Å². The fraction of sp³-hybridized carbons (Fsp3) is 0.533. The van der Waals surface area contributed by atoms with Crippen molar-refractivity contribution < 1.29 is 9.53 Å². The van der Waals surface area contributed by atoms with Gasteiger partial charge in [-0.2, -0.15) is 0 Å². The third-order valence-corrected chi connectivity index (χ3v) is 5.04. The Hall–Kier alpha value is -1.41. The molecule has 1 amide bonds. The number of halogens is 1.